The molecule has 228 valence electrons. The van der Waals surface area contributed by atoms with Crippen molar-refractivity contribution in [3.8, 4) is 16.9 Å². The van der Waals surface area contributed by atoms with Crippen molar-refractivity contribution in [3.63, 3.8) is 0 Å². The lowest BCUT2D eigenvalue weighted by Crippen LogP contribution is -2.39. The number of fused-ring (bicyclic) bond motifs is 1. The van der Waals surface area contributed by atoms with E-state index in [0.717, 1.165) is 36.6 Å². The monoisotopic (exact) mass is 609 g/mol. The minimum atomic E-state index is -4.62. The molecule has 6 rings (SSSR count). The highest BCUT2D eigenvalue weighted by Crippen LogP contribution is 2.39. The molecule has 5 aromatic rings. The lowest BCUT2D eigenvalue weighted by atomic mass is 9.91. The molecule has 1 aliphatic rings. The maximum Gasteiger partial charge on any atom is 0.418 e. The minimum Gasteiger partial charge on any atom is -0.489 e. The first-order valence-corrected chi connectivity index (χ1v) is 14.7. The largest absolute Gasteiger partial charge is 0.489 e. The van der Waals surface area contributed by atoms with Crippen molar-refractivity contribution in [2.75, 3.05) is 6.54 Å². The summed E-state index contributed by atoms with van der Waals surface area (Å²) in [6, 6.07) is 27.0. The average molecular weight is 610 g/mol. The second kappa shape index (κ2) is 12.9. The van der Waals surface area contributed by atoms with Crippen LogP contribution in [0.25, 0.3) is 22.0 Å². The second-order valence-corrected chi connectivity index (χ2v) is 10.9. The predicted octanol–water partition coefficient (Wildman–Crippen LogP) is 7.10. The number of hydrogen-bond acceptors (Lipinski definition) is 5. The predicted molar refractivity (Wildman–Crippen MR) is 166 cm³/mol. The van der Waals surface area contributed by atoms with Crippen molar-refractivity contribution in [2.24, 2.45) is 0 Å². The van der Waals surface area contributed by atoms with Crippen molar-refractivity contribution in [3.05, 3.63) is 131 Å². The third kappa shape index (κ3) is 6.73. The van der Waals surface area contributed by atoms with Gasteiger partial charge in [-0.15, -0.1) is 0 Å². The van der Waals surface area contributed by atoms with E-state index in [-0.39, 0.29) is 40.8 Å². The van der Waals surface area contributed by atoms with Gasteiger partial charge in [0, 0.05) is 34.8 Å². The number of halogens is 3. The van der Waals surface area contributed by atoms with Gasteiger partial charge in [-0.25, -0.2) is 0 Å². The van der Waals surface area contributed by atoms with Crippen LogP contribution in [0.4, 0.5) is 13.2 Å². The number of amides is 1. The Bertz CT molecular complexity index is 1830. The summed E-state index contributed by atoms with van der Waals surface area (Å²) in [5, 5.41) is 6.37. The Morgan fingerprint density at radius 1 is 0.911 bits per heavy atom. The average Bonchev–Trinajstić information content (AvgIpc) is 3.61. The number of ether oxygens (including phenoxy) is 1. The molecule has 1 saturated heterocycles. The standard InChI is InChI=1S/C36H30F3N3O3/c37-36(38,39)30-12-5-11-28-32(29(21-41-33(28)30)34(43)25-7-2-1-3-8-25)26-9-4-10-27(19-26)45-22-24-16-14-23(15-17-24)20-42-35(44)31-13-6-18-40-31/h1-5,7-12,14-17,19,21,31,40H,6,13,18,20,22H2,(H,42,44). The Morgan fingerprint density at radius 2 is 1.67 bits per heavy atom. The van der Waals surface area contributed by atoms with E-state index in [2.05, 4.69) is 15.6 Å². The molecule has 0 aliphatic carbocycles. The van der Waals surface area contributed by atoms with Crippen LogP contribution in [0.3, 0.4) is 0 Å². The first-order chi connectivity index (χ1) is 21.8. The highest BCUT2D eigenvalue weighted by atomic mass is 19.4. The fraction of sp³-hybridized carbons (Fsp3) is 0.194. The molecule has 0 bridgehead atoms. The number of benzene rings is 4. The van der Waals surface area contributed by atoms with Crippen molar-refractivity contribution in [1.82, 2.24) is 15.6 Å². The Morgan fingerprint density at radius 3 is 2.40 bits per heavy atom. The Hall–Kier alpha value is -5.02. The molecule has 1 fully saturated rings. The van der Waals surface area contributed by atoms with Crippen molar-refractivity contribution in [1.29, 1.82) is 0 Å². The summed E-state index contributed by atoms with van der Waals surface area (Å²) < 4.78 is 47.8. The third-order valence-corrected chi connectivity index (χ3v) is 7.88. The number of aromatic nitrogens is 1. The van der Waals surface area contributed by atoms with E-state index in [4.69, 9.17) is 4.74 Å². The number of hydrogen-bond donors (Lipinski definition) is 2. The summed E-state index contributed by atoms with van der Waals surface area (Å²) in [5.74, 6) is 0.146. The van der Waals surface area contributed by atoms with Crippen LogP contribution in [0.1, 0.15) is 45.5 Å². The second-order valence-electron chi connectivity index (χ2n) is 10.9. The highest BCUT2D eigenvalue weighted by Gasteiger charge is 2.34. The molecule has 0 radical (unpaired) electrons. The summed E-state index contributed by atoms with van der Waals surface area (Å²) in [6.07, 6.45) is -1.54. The molecule has 0 spiro atoms. The summed E-state index contributed by atoms with van der Waals surface area (Å²) in [5.41, 5.74) is 2.24. The van der Waals surface area contributed by atoms with Crippen LogP contribution in [0, 0.1) is 0 Å². The van der Waals surface area contributed by atoms with Crippen molar-refractivity contribution in [2.45, 2.75) is 38.2 Å². The number of carbonyl (C=O) groups excluding carboxylic acids is 2. The van der Waals surface area contributed by atoms with E-state index in [1.165, 1.54) is 12.3 Å². The Kier molecular flexibility index (Phi) is 8.62. The van der Waals surface area contributed by atoms with Gasteiger partial charge < -0.3 is 15.4 Å². The molecular formula is C36H30F3N3O3. The van der Waals surface area contributed by atoms with E-state index >= 15 is 0 Å². The Balaban J connectivity index is 1.26. The van der Waals surface area contributed by atoms with E-state index < -0.39 is 11.7 Å². The topological polar surface area (TPSA) is 80.3 Å². The number of nitrogens with zero attached hydrogens (tertiary/aromatic N) is 1. The number of alkyl halides is 3. The SMILES string of the molecule is O=C(c1ccccc1)c1cnc2c(C(F)(F)F)cccc2c1-c1cccc(OCc2ccc(CNC(=O)C3CCCN3)cc2)c1. The summed E-state index contributed by atoms with van der Waals surface area (Å²) >= 11 is 0. The van der Waals surface area contributed by atoms with Crippen LogP contribution in [-0.4, -0.2) is 29.3 Å². The first kappa shape index (κ1) is 30.0. The molecule has 1 aromatic heterocycles. The van der Waals surface area contributed by atoms with Crippen LogP contribution < -0.4 is 15.4 Å². The normalized spacial score (nSPS) is 14.8. The van der Waals surface area contributed by atoms with Gasteiger partial charge in [0.1, 0.15) is 12.4 Å². The number of rotatable bonds is 9. The van der Waals surface area contributed by atoms with Gasteiger partial charge in [0.2, 0.25) is 5.91 Å². The highest BCUT2D eigenvalue weighted by molar-refractivity contribution is 6.16. The van der Waals surface area contributed by atoms with Gasteiger partial charge >= 0.3 is 6.18 Å². The Labute approximate surface area is 258 Å². The zero-order valence-corrected chi connectivity index (χ0v) is 24.2. The molecule has 6 nitrogen and oxygen atoms in total. The van der Waals surface area contributed by atoms with Crippen LogP contribution in [0.15, 0.2) is 103 Å². The molecule has 2 N–H and O–H groups in total. The van der Waals surface area contributed by atoms with Crippen molar-refractivity contribution < 1.29 is 27.5 Å². The maximum atomic E-state index is 13.9. The quantitative estimate of drug-likeness (QED) is 0.174. The van der Waals surface area contributed by atoms with Gasteiger partial charge in [-0.3, -0.25) is 14.6 Å². The van der Waals surface area contributed by atoms with Gasteiger partial charge in [-0.1, -0.05) is 78.9 Å². The smallest absolute Gasteiger partial charge is 0.418 e. The minimum absolute atomic E-state index is 0.00465. The summed E-state index contributed by atoms with van der Waals surface area (Å²) in [7, 11) is 0. The molecule has 1 amide bonds. The third-order valence-electron chi connectivity index (χ3n) is 7.88. The lowest BCUT2D eigenvalue weighted by Gasteiger charge is -2.16. The fourth-order valence-corrected chi connectivity index (χ4v) is 5.56. The molecule has 2 heterocycles. The van der Waals surface area contributed by atoms with Gasteiger partial charge in [-0.2, -0.15) is 13.2 Å². The van der Waals surface area contributed by atoms with Crippen LogP contribution in [0.5, 0.6) is 5.75 Å². The zero-order chi connectivity index (χ0) is 31.4. The summed E-state index contributed by atoms with van der Waals surface area (Å²) in [4.78, 5) is 30.0. The number of nitrogens with one attached hydrogen (secondary N) is 2. The van der Waals surface area contributed by atoms with Crippen LogP contribution in [-0.2, 0) is 24.1 Å². The first-order valence-electron chi connectivity index (χ1n) is 14.7. The number of ketones is 1. The van der Waals surface area contributed by atoms with Gasteiger partial charge in [-0.05, 0) is 54.3 Å². The van der Waals surface area contributed by atoms with Crippen LogP contribution >= 0.6 is 0 Å². The van der Waals surface area contributed by atoms with Gasteiger partial charge in [0.05, 0.1) is 17.1 Å². The molecule has 4 aromatic carbocycles. The summed E-state index contributed by atoms with van der Waals surface area (Å²) in [6.45, 7) is 1.54. The van der Waals surface area contributed by atoms with E-state index in [0.29, 0.717) is 29.0 Å². The zero-order valence-electron chi connectivity index (χ0n) is 24.2. The van der Waals surface area contributed by atoms with Gasteiger partial charge in [0.15, 0.2) is 5.78 Å². The molecular weight excluding hydrogens is 579 g/mol. The molecule has 1 unspecified atom stereocenters. The van der Waals surface area contributed by atoms with E-state index in [9.17, 15) is 22.8 Å². The number of para-hydroxylation sites is 1. The molecule has 45 heavy (non-hydrogen) atoms. The number of pyridine rings is 1. The molecule has 0 saturated carbocycles. The fourth-order valence-electron chi connectivity index (χ4n) is 5.56. The lowest BCUT2D eigenvalue weighted by molar-refractivity contribution is -0.136. The number of carbonyl (C=O) groups is 2. The molecule has 1 aliphatic heterocycles. The van der Waals surface area contributed by atoms with Gasteiger partial charge in [0.25, 0.3) is 0 Å². The molecule has 1 atom stereocenters. The maximum absolute atomic E-state index is 13.9. The van der Waals surface area contributed by atoms with Crippen molar-refractivity contribution >= 4 is 22.6 Å². The van der Waals surface area contributed by atoms with Crippen LogP contribution in [0.2, 0.25) is 0 Å². The molecule has 9 heteroatoms. The van der Waals surface area contributed by atoms with E-state index in [1.807, 2.05) is 24.3 Å². The van der Waals surface area contributed by atoms with E-state index in [1.54, 1.807) is 60.7 Å².